The number of para-hydroxylation sites is 1. The lowest BCUT2D eigenvalue weighted by Crippen LogP contribution is -2.50. The van der Waals surface area contributed by atoms with Crippen molar-refractivity contribution in [2.75, 3.05) is 50.7 Å². The van der Waals surface area contributed by atoms with E-state index in [-0.39, 0.29) is 11.7 Å². The molecule has 0 saturated carbocycles. The fourth-order valence-corrected chi connectivity index (χ4v) is 4.85. The van der Waals surface area contributed by atoms with Crippen LogP contribution in [0.25, 0.3) is 5.69 Å². The van der Waals surface area contributed by atoms with Gasteiger partial charge in [-0.1, -0.05) is 18.2 Å². The van der Waals surface area contributed by atoms with Gasteiger partial charge in [0, 0.05) is 58.2 Å². The third-order valence-electron chi connectivity index (χ3n) is 6.60. The summed E-state index contributed by atoms with van der Waals surface area (Å²) in [5.74, 6) is 1.12. The second-order valence-corrected chi connectivity index (χ2v) is 8.86. The Labute approximate surface area is 193 Å². The molecular weight excluding hydrogens is 419 g/mol. The van der Waals surface area contributed by atoms with Crippen LogP contribution in [0, 0.1) is 11.7 Å². The molecule has 1 atom stereocenters. The van der Waals surface area contributed by atoms with E-state index in [0.29, 0.717) is 17.2 Å². The average molecular weight is 449 g/mol. The van der Waals surface area contributed by atoms with Crippen LogP contribution >= 0.6 is 0 Å². The van der Waals surface area contributed by atoms with Crippen LogP contribution in [-0.4, -0.2) is 76.3 Å². The molecule has 0 aliphatic carbocycles. The molecule has 33 heavy (non-hydrogen) atoms. The van der Waals surface area contributed by atoms with Crippen molar-refractivity contribution in [2.24, 2.45) is 5.92 Å². The van der Waals surface area contributed by atoms with Crippen LogP contribution in [-0.2, 0) is 0 Å². The summed E-state index contributed by atoms with van der Waals surface area (Å²) in [5, 5.41) is 4.22. The number of hydrogen-bond acceptors (Lipinski definition) is 5. The van der Waals surface area contributed by atoms with Crippen LogP contribution in [0.4, 0.5) is 10.2 Å². The summed E-state index contributed by atoms with van der Waals surface area (Å²) in [6.07, 6.45) is 7.15. The highest BCUT2D eigenvalue weighted by Gasteiger charge is 2.28. The Bertz CT molecular complexity index is 1080. The molecule has 2 aliphatic heterocycles. The zero-order valence-corrected chi connectivity index (χ0v) is 18.7. The maximum atomic E-state index is 14.1. The third-order valence-corrected chi connectivity index (χ3v) is 6.60. The first-order chi connectivity index (χ1) is 16.2. The number of piperazine rings is 1. The number of carbonyl (C=O) groups excluding carboxylic acids is 1. The molecule has 1 unspecified atom stereocenters. The molecule has 5 rings (SSSR count). The van der Waals surface area contributed by atoms with Crippen LogP contribution in [0.2, 0.25) is 0 Å². The molecule has 2 aliphatic rings. The zero-order chi connectivity index (χ0) is 22.6. The van der Waals surface area contributed by atoms with E-state index in [2.05, 4.69) is 25.9 Å². The highest BCUT2D eigenvalue weighted by atomic mass is 19.1. The lowest BCUT2D eigenvalue weighted by atomic mass is 9.96. The Balaban J connectivity index is 1.16. The molecule has 0 N–H and O–H groups in total. The van der Waals surface area contributed by atoms with Crippen molar-refractivity contribution in [1.82, 2.24) is 24.6 Å². The maximum Gasteiger partial charge on any atom is 0.257 e. The number of nitrogens with zero attached hydrogens (tertiary/aromatic N) is 6. The number of anilines is 1. The van der Waals surface area contributed by atoms with Gasteiger partial charge in [-0.05, 0) is 43.0 Å². The van der Waals surface area contributed by atoms with Gasteiger partial charge in [-0.15, -0.1) is 0 Å². The van der Waals surface area contributed by atoms with E-state index >= 15 is 0 Å². The van der Waals surface area contributed by atoms with E-state index in [9.17, 15) is 9.18 Å². The standard InChI is InChI=1S/C25H29FN6O/c26-22-7-1-2-8-23(22)32-19-21(16-28-32)25(33)31-11-5-6-20(18-31)17-29-12-14-30(15-13-29)24-9-3-4-10-27-24/h1-4,7-10,16,19-20H,5-6,11-15,17-18H2. The fourth-order valence-electron chi connectivity index (χ4n) is 4.85. The molecule has 172 valence electrons. The van der Waals surface area contributed by atoms with Crippen molar-refractivity contribution in [1.29, 1.82) is 0 Å². The summed E-state index contributed by atoms with van der Waals surface area (Å²) in [6, 6.07) is 12.5. The molecule has 2 fully saturated rings. The van der Waals surface area contributed by atoms with E-state index in [1.165, 1.54) is 16.9 Å². The van der Waals surface area contributed by atoms with Gasteiger partial charge in [0.2, 0.25) is 0 Å². The number of piperidine rings is 1. The van der Waals surface area contributed by atoms with Gasteiger partial charge in [0.25, 0.3) is 5.91 Å². The molecule has 7 nitrogen and oxygen atoms in total. The molecule has 3 aromatic rings. The topological polar surface area (TPSA) is 57.5 Å². The van der Waals surface area contributed by atoms with Gasteiger partial charge in [-0.2, -0.15) is 5.10 Å². The first-order valence-corrected chi connectivity index (χ1v) is 11.6. The van der Waals surface area contributed by atoms with Crippen LogP contribution in [0.3, 0.4) is 0 Å². The highest BCUT2D eigenvalue weighted by Crippen LogP contribution is 2.22. The Morgan fingerprint density at radius 2 is 1.85 bits per heavy atom. The molecular formula is C25H29FN6O. The predicted octanol–water partition coefficient (Wildman–Crippen LogP) is 3.08. The summed E-state index contributed by atoms with van der Waals surface area (Å²) < 4.78 is 15.5. The molecule has 4 heterocycles. The summed E-state index contributed by atoms with van der Waals surface area (Å²) >= 11 is 0. The largest absolute Gasteiger partial charge is 0.354 e. The summed E-state index contributed by atoms with van der Waals surface area (Å²) in [5.41, 5.74) is 0.848. The van der Waals surface area contributed by atoms with Crippen molar-refractivity contribution < 1.29 is 9.18 Å². The summed E-state index contributed by atoms with van der Waals surface area (Å²) in [7, 11) is 0. The minimum absolute atomic E-state index is 0.0257. The Hall–Kier alpha value is -3.26. The minimum Gasteiger partial charge on any atom is -0.354 e. The van der Waals surface area contributed by atoms with Gasteiger partial charge in [-0.3, -0.25) is 9.69 Å². The van der Waals surface area contributed by atoms with Gasteiger partial charge in [0.05, 0.1) is 11.8 Å². The molecule has 1 amide bonds. The molecule has 8 heteroatoms. The molecule has 2 saturated heterocycles. The van der Waals surface area contributed by atoms with E-state index in [0.717, 1.165) is 64.5 Å². The first-order valence-electron chi connectivity index (χ1n) is 11.6. The zero-order valence-electron chi connectivity index (χ0n) is 18.7. The van der Waals surface area contributed by atoms with Crippen molar-refractivity contribution in [2.45, 2.75) is 12.8 Å². The number of pyridine rings is 1. The maximum absolute atomic E-state index is 14.1. The lowest BCUT2D eigenvalue weighted by molar-refractivity contribution is 0.0637. The van der Waals surface area contributed by atoms with E-state index in [4.69, 9.17) is 0 Å². The van der Waals surface area contributed by atoms with Gasteiger partial charge in [-0.25, -0.2) is 14.1 Å². The number of hydrogen-bond donors (Lipinski definition) is 0. The third kappa shape index (κ3) is 4.90. The number of benzene rings is 1. The Kier molecular flexibility index (Phi) is 6.35. The van der Waals surface area contributed by atoms with Crippen molar-refractivity contribution >= 4 is 11.7 Å². The summed E-state index contributed by atoms with van der Waals surface area (Å²) in [6.45, 7) is 6.49. The number of rotatable bonds is 5. The number of halogens is 1. The van der Waals surface area contributed by atoms with E-state index < -0.39 is 0 Å². The van der Waals surface area contributed by atoms with Gasteiger partial charge >= 0.3 is 0 Å². The second-order valence-electron chi connectivity index (χ2n) is 8.86. The molecule has 2 aromatic heterocycles. The van der Waals surface area contributed by atoms with Crippen molar-refractivity contribution in [3.8, 4) is 5.69 Å². The molecule has 1 aromatic carbocycles. The van der Waals surface area contributed by atoms with E-state index in [1.807, 2.05) is 23.2 Å². The molecule has 0 spiro atoms. The lowest BCUT2D eigenvalue weighted by Gasteiger charge is -2.39. The van der Waals surface area contributed by atoms with E-state index in [1.54, 1.807) is 24.4 Å². The quantitative estimate of drug-likeness (QED) is 0.601. The van der Waals surface area contributed by atoms with Gasteiger partial charge in [0.15, 0.2) is 0 Å². The number of likely N-dealkylation sites (tertiary alicyclic amines) is 1. The first kappa shape index (κ1) is 21.6. The number of carbonyl (C=O) groups is 1. The SMILES string of the molecule is O=C(c1cnn(-c2ccccc2F)c1)N1CCCC(CN2CCN(c3ccccn3)CC2)C1. The predicted molar refractivity (Wildman–Crippen MR) is 125 cm³/mol. The summed E-state index contributed by atoms with van der Waals surface area (Å²) in [4.78, 5) is 24.4. The normalized spacial score (nSPS) is 19.6. The van der Waals surface area contributed by atoms with Gasteiger partial charge in [0.1, 0.15) is 17.3 Å². The number of aromatic nitrogens is 3. The molecule has 0 bridgehead atoms. The Morgan fingerprint density at radius 3 is 2.64 bits per heavy atom. The monoisotopic (exact) mass is 448 g/mol. The minimum atomic E-state index is -0.360. The van der Waals surface area contributed by atoms with Crippen LogP contribution < -0.4 is 4.90 Å². The average Bonchev–Trinajstić information content (AvgIpc) is 3.35. The van der Waals surface area contributed by atoms with Crippen molar-refractivity contribution in [3.05, 3.63) is 72.4 Å². The van der Waals surface area contributed by atoms with Gasteiger partial charge < -0.3 is 9.80 Å². The van der Waals surface area contributed by atoms with Crippen LogP contribution in [0.15, 0.2) is 61.1 Å². The fraction of sp³-hybridized carbons (Fsp3) is 0.400. The van der Waals surface area contributed by atoms with Crippen LogP contribution in [0.1, 0.15) is 23.2 Å². The van der Waals surface area contributed by atoms with Crippen molar-refractivity contribution in [3.63, 3.8) is 0 Å². The highest BCUT2D eigenvalue weighted by molar-refractivity contribution is 5.93. The second kappa shape index (κ2) is 9.70. The van der Waals surface area contributed by atoms with Crippen LogP contribution in [0.5, 0.6) is 0 Å². The molecule has 0 radical (unpaired) electrons. The Morgan fingerprint density at radius 1 is 1.03 bits per heavy atom. The number of amides is 1. The smallest absolute Gasteiger partial charge is 0.257 e.